The largest absolute Gasteiger partial charge is 0.367 e. The average Bonchev–Trinajstić information content (AvgIpc) is 2.72. The van der Waals surface area contributed by atoms with Gasteiger partial charge in [-0.05, 0) is 32.1 Å². The smallest absolute Gasteiger partial charge is 0.137 e. The molecule has 1 fully saturated rings. The molecule has 0 aromatic carbocycles. The van der Waals surface area contributed by atoms with E-state index in [4.69, 9.17) is 11.6 Å². The van der Waals surface area contributed by atoms with Gasteiger partial charge in [0.1, 0.15) is 16.8 Å². The SMILES string of the molecule is CCCc1nc(Cl)c(C)c(NC2CCCC2C)n1. The van der Waals surface area contributed by atoms with Crippen molar-refractivity contribution in [3.05, 3.63) is 16.5 Å². The average molecular weight is 268 g/mol. The molecule has 100 valence electrons. The van der Waals surface area contributed by atoms with Gasteiger partial charge < -0.3 is 5.32 Å². The van der Waals surface area contributed by atoms with Crippen LogP contribution in [0.15, 0.2) is 0 Å². The summed E-state index contributed by atoms with van der Waals surface area (Å²) in [7, 11) is 0. The summed E-state index contributed by atoms with van der Waals surface area (Å²) in [5, 5.41) is 4.15. The van der Waals surface area contributed by atoms with Crippen molar-refractivity contribution in [1.29, 1.82) is 0 Å². The van der Waals surface area contributed by atoms with E-state index in [-0.39, 0.29) is 0 Å². The molecule has 1 N–H and O–H groups in total. The summed E-state index contributed by atoms with van der Waals surface area (Å²) in [5.41, 5.74) is 0.968. The van der Waals surface area contributed by atoms with Crippen molar-refractivity contribution in [2.75, 3.05) is 5.32 Å². The summed E-state index contributed by atoms with van der Waals surface area (Å²) < 4.78 is 0. The first-order chi connectivity index (χ1) is 8.61. The minimum absolute atomic E-state index is 0.532. The molecule has 1 aliphatic rings. The quantitative estimate of drug-likeness (QED) is 0.838. The van der Waals surface area contributed by atoms with Gasteiger partial charge >= 0.3 is 0 Å². The molecule has 0 amide bonds. The summed E-state index contributed by atoms with van der Waals surface area (Å²) in [5.74, 6) is 2.49. The number of hydrogen-bond acceptors (Lipinski definition) is 3. The molecular weight excluding hydrogens is 246 g/mol. The van der Waals surface area contributed by atoms with Gasteiger partial charge in [-0.25, -0.2) is 9.97 Å². The first kappa shape index (κ1) is 13.6. The predicted octanol–water partition coefficient (Wildman–Crippen LogP) is 3.99. The molecular formula is C14H22ClN3. The Labute approximate surface area is 114 Å². The Bertz CT molecular complexity index is 420. The summed E-state index contributed by atoms with van der Waals surface area (Å²) in [6, 6.07) is 0.532. The Morgan fingerprint density at radius 3 is 2.72 bits per heavy atom. The molecule has 2 unspecified atom stereocenters. The highest BCUT2D eigenvalue weighted by Gasteiger charge is 2.24. The minimum Gasteiger partial charge on any atom is -0.367 e. The number of aromatic nitrogens is 2. The van der Waals surface area contributed by atoms with Crippen LogP contribution in [0.2, 0.25) is 5.15 Å². The number of nitrogens with one attached hydrogen (secondary N) is 1. The maximum Gasteiger partial charge on any atom is 0.137 e. The summed E-state index contributed by atoms with van der Waals surface area (Å²) in [6.07, 6.45) is 5.76. The van der Waals surface area contributed by atoms with E-state index in [9.17, 15) is 0 Å². The highest BCUT2D eigenvalue weighted by molar-refractivity contribution is 6.30. The molecule has 2 atom stereocenters. The Morgan fingerprint density at radius 1 is 1.33 bits per heavy atom. The number of halogens is 1. The van der Waals surface area contributed by atoms with Gasteiger partial charge in [-0.1, -0.05) is 31.9 Å². The van der Waals surface area contributed by atoms with E-state index in [1.807, 2.05) is 6.92 Å². The predicted molar refractivity (Wildman–Crippen MR) is 76.2 cm³/mol. The lowest BCUT2D eigenvalue weighted by molar-refractivity contribution is 0.554. The van der Waals surface area contributed by atoms with Crippen molar-refractivity contribution in [3.63, 3.8) is 0 Å². The van der Waals surface area contributed by atoms with Gasteiger partial charge in [-0.2, -0.15) is 0 Å². The second kappa shape index (κ2) is 5.87. The fraction of sp³-hybridized carbons (Fsp3) is 0.714. The molecule has 1 aromatic rings. The van der Waals surface area contributed by atoms with Crippen LogP contribution in [0.25, 0.3) is 0 Å². The molecule has 4 heteroatoms. The van der Waals surface area contributed by atoms with Crippen molar-refractivity contribution in [1.82, 2.24) is 9.97 Å². The number of nitrogens with zero attached hydrogens (tertiary/aromatic N) is 2. The molecule has 3 nitrogen and oxygen atoms in total. The molecule has 1 heterocycles. The van der Waals surface area contributed by atoms with Crippen LogP contribution >= 0.6 is 11.6 Å². The van der Waals surface area contributed by atoms with Crippen molar-refractivity contribution in [2.45, 2.75) is 58.9 Å². The van der Waals surface area contributed by atoms with Crippen LogP contribution < -0.4 is 5.32 Å². The zero-order valence-corrected chi connectivity index (χ0v) is 12.2. The van der Waals surface area contributed by atoms with E-state index in [0.29, 0.717) is 17.1 Å². The lowest BCUT2D eigenvalue weighted by Crippen LogP contribution is -2.23. The molecule has 0 bridgehead atoms. The van der Waals surface area contributed by atoms with E-state index in [1.165, 1.54) is 19.3 Å². The summed E-state index contributed by atoms with van der Waals surface area (Å²) in [6.45, 7) is 6.42. The van der Waals surface area contributed by atoms with Crippen LogP contribution in [-0.4, -0.2) is 16.0 Å². The van der Waals surface area contributed by atoms with Gasteiger partial charge in [-0.15, -0.1) is 0 Å². The van der Waals surface area contributed by atoms with Crippen LogP contribution in [-0.2, 0) is 6.42 Å². The number of hydrogen-bond donors (Lipinski definition) is 1. The third-order valence-electron chi connectivity index (χ3n) is 3.79. The standard InChI is InChI=1S/C14H22ClN3/c1-4-6-12-17-13(15)10(3)14(18-12)16-11-8-5-7-9(11)2/h9,11H,4-8H2,1-3H3,(H,16,17,18). The maximum atomic E-state index is 6.19. The molecule has 0 radical (unpaired) electrons. The van der Waals surface area contributed by atoms with E-state index in [1.54, 1.807) is 0 Å². The fourth-order valence-electron chi connectivity index (χ4n) is 2.54. The van der Waals surface area contributed by atoms with E-state index in [2.05, 4.69) is 29.1 Å². The molecule has 1 saturated carbocycles. The Kier molecular flexibility index (Phi) is 4.44. The van der Waals surface area contributed by atoms with Gasteiger partial charge in [0.2, 0.25) is 0 Å². The van der Waals surface area contributed by atoms with Crippen LogP contribution in [0.5, 0.6) is 0 Å². The highest BCUT2D eigenvalue weighted by atomic mass is 35.5. The molecule has 0 saturated heterocycles. The molecule has 1 aliphatic carbocycles. The van der Waals surface area contributed by atoms with Gasteiger partial charge in [-0.3, -0.25) is 0 Å². The maximum absolute atomic E-state index is 6.19. The topological polar surface area (TPSA) is 37.8 Å². The lowest BCUT2D eigenvalue weighted by atomic mass is 10.1. The van der Waals surface area contributed by atoms with Crippen molar-refractivity contribution in [3.8, 4) is 0 Å². The van der Waals surface area contributed by atoms with Gasteiger partial charge in [0, 0.05) is 18.0 Å². The molecule has 0 spiro atoms. The van der Waals surface area contributed by atoms with Gasteiger partial charge in [0.25, 0.3) is 0 Å². The first-order valence-electron chi connectivity index (χ1n) is 6.91. The van der Waals surface area contributed by atoms with Gasteiger partial charge in [0.05, 0.1) is 0 Å². The lowest BCUT2D eigenvalue weighted by Gasteiger charge is -2.20. The normalized spacial score (nSPS) is 23.3. The van der Waals surface area contributed by atoms with Crippen molar-refractivity contribution < 1.29 is 0 Å². The monoisotopic (exact) mass is 267 g/mol. The van der Waals surface area contributed by atoms with Crippen molar-refractivity contribution >= 4 is 17.4 Å². The molecule has 18 heavy (non-hydrogen) atoms. The number of rotatable bonds is 4. The van der Waals surface area contributed by atoms with Crippen LogP contribution in [0, 0.1) is 12.8 Å². The highest BCUT2D eigenvalue weighted by Crippen LogP contribution is 2.29. The second-order valence-corrected chi connectivity index (χ2v) is 5.67. The van der Waals surface area contributed by atoms with E-state index < -0.39 is 0 Å². The third-order valence-corrected chi connectivity index (χ3v) is 4.16. The zero-order chi connectivity index (χ0) is 13.1. The van der Waals surface area contributed by atoms with E-state index in [0.717, 1.165) is 30.0 Å². The third kappa shape index (κ3) is 2.94. The van der Waals surface area contributed by atoms with Crippen LogP contribution in [0.3, 0.4) is 0 Å². The van der Waals surface area contributed by atoms with Crippen LogP contribution in [0.4, 0.5) is 5.82 Å². The Hall–Kier alpha value is -0.830. The number of anilines is 1. The fourth-order valence-corrected chi connectivity index (χ4v) is 2.73. The zero-order valence-electron chi connectivity index (χ0n) is 11.5. The van der Waals surface area contributed by atoms with Gasteiger partial charge in [0.15, 0.2) is 0 Å². The molecule has 1 aromatic heterocycles. The Balaban J connectivity index is 2.20. The van der Waals surface area contributed by atoms with Crippen LogP contribution in [0.1, 0.15) is 50.9 Å². The second-order valence-electron chi connectivity index (χ2n) is 5.31. The Morgan fingerprint density at radius 2 is 2.11 bits per heavy atom. The minimum atomic E-state index is 0.532. The van der Waals surface area contributed by atoms with E-state index >= 15 is 0 Å². The van der Waals surface area contributed by atoms with Crippen molar-refractivity contribution in [2.24, 2.45) is 5.92 Å². The molecule has 0 aliphatic heterocycles. The summed E-state index contributed by atoms with van der Waals surface area (Å²) >= 11 is 6.19. The first-order valence-corrected chi connectivity index (χ1v) is 7.29. The number of aryl methyl sites for hydroxylation is 1. The molecule has 2 rings (SSSR count). The summed E-state index contributed by atoms with van der Waals surface area (Å²) in [4.78, 5) is 8.95.